The first-order valence-electron chi connectivity index (χ1n) is 7.16. The molecule has 1 atom stereocenters. The number of hydrogen-bond donors (Lipinski definition) is 1. The molecule has 2 rings (SSSR count). The zero-order valence-corrected chi connectivity index (χ0v) is 12.6. The van der Waals surface area contributed by atoms with E-state index in [-0.39, 0.29) is 18.3 Å². The van der Waals surface area contributed by atoms with Crippen LogP contribution in [0.3, 0.4) is 0 Å². The van der Waals surface area contributed by atoms with Gasteiger partial charge >= 0.3 is 0 Å². The van der Waals surface area contributed by atoms with Crippen molar-refractivity contribution in [2.45, 2.75) is 32.0 Å². The quantitative estimate of drug-likeness (QED) is 0.891. The monoisotopic (exact) mass is 279 g/mol. The molecule has 1 heterocycles. The van der Waals surface area contributed by atoms with Crippen LogP contribution in [0.1, 0.15) is 19.4 Å². The van der Waals surface area contributed by atoms with Gasteiger partial charge < -0.3 is 14.6 Å². The van der Waals surface area contributed by atoms with Gasteiger partial charge in [-0.15, -0.1) is 0 Å². The molecule has 0 bridgehead atoms. The summed E-state index contributed by atoms with van der Waals surface area (Å²) >= 11 is 0. The lowest BCUT2D eigenvalue weighted by atomic mass is 10.0. The number of nitrogens with zero attached hydrogens (tertiary/aromatic N) is 1. The molecule has 1 aliphatic heterocycles. The van der Waals surface area contributed by atoms with Gasteiger partial charge in [-0.1, -0.05) is 12.1 Å². The minimum Gasteiger partial charge on any atom is -0.497 e. The second-order valence-electron chi connectivity index (χ2n) is 6.02. The van der Waals surface area contributed by atoms with E-state index < -0.39 is 0 Å². The molecular weight excluding hydrogens is 254 g/mol. The zero-order valence-electron chi connectivity index (χ0n) is 12.6. The predicted molar refractivity (Wildman–Crippen MR) is 79.2 cm³/mol. The highest BCUT2D eigenvalue weighted by molar-refractivity contribution is 5.27. The minimum atomic E-state index is -0.189. The topological polar surface area (TPSA) is 41.9 Å². The molecule has 1 aromatic carbocycles. The van der Waals surface area contributed by atoms with Gasteiger partial charge in [-0.2, -0.15) is 0 Å². The number of aliphatic hydroxyl groups excluding tert-OH is 1. The first-order valence-corrected chi connectivity index (χ1v) is 7.16. The Morgan fingerprint density at radius 3 is 2.65 bits per heavy atom. The fourth-order valence-corrected chi connectivity index (χ4v) is 2.76. The molecule has 1 saturated heterocycles. The van der Waals surface area contributed by atoms with Crippen LogP contribution in [-0.4, -0.2) is 55.1 Å². The number of methoxy groups -OCH3 is 1. The van der Waals surface area contributed by atoms with Gasteiger partial charge in [-0.25, -0.2) is 0 Å². The summed E-state index contributed by atoms with van der Waals surface area (Å²) in [7, 11) is 1.68. The van der Waals surface area contributed by atoms with Gasteiger partial charge in [0.25, 0.3) is 0 Å². The van der Waals surface area contributed by atoms with Crippen molar-refractivity contribution in [3.05, 3.63) is 29.8 Å². The van der Waals surface area contributed by atoms with Gasteiger partial charge in [-0.05, 0) is 38.0 Å². The second-order valence-corrected chi connectivity index (χ2v) is 6.02. The number of aliphatic hydroxyl groups is 1. The molecule has 0 amide bonds. The summed E-state index contributed by atoms with van der Waals surface area (Å²) in [5.74, 6) is 0.890. The van der Waals surface area contributed by atoms with Crippen molar-refractivity contribution in [2.75, 3.05) is 33.4 Å². The first-order chi connectivity index (χ1) is 9.52. The number of rotatable bonds is 5. The minimum absolute atomic E-state index is 0.0744. The van der Waals surface area contributed by atoms with E-state index in [1.54, 1.807) is 7.11 Å². The van der Waals surface area contributed by atoms with Crippen LogP contribution in [0.5, 0.6) is 5.75 Å². The van der Waals surface area contributed by atoms with Gasteiger partial charge in [0.15, 0.2) is 0 Å². The SMILES string of the molecule is COc1ccc(CCN2CC(CO)OC(C)(C)C2)cc1. The average Bonchev–Trinajstić information content (AvgIpc) is 2.44. The van der Waals surface area contributed by atoms with Crippen molar-refractivity contribution >= 4 is 0 Å². The molecule has 0 aromatic heterocycles. The summed E-state index contributed by atoms with van der Waals surface area (Å²) in [5.41, 5.74) is 1.11. The maximum atomic E-state index is 9.32. The van der Waals surface area contributed by atoms with E-state index in [1.165, 1.54) is 5.56 Å². The fraction of sp³-hybridized carbons (Fsp3) is 0.625. The fourth-order valence-electron chi connectivity index (χ4n) is 2.76. The van der Waals surface area contributed by atoms with Crippen LogP contribution in [0.4, 0.5) is 0 Å². The number of benzene rings is 1. The molecule has 0 aliphatic carbocycles. The Hall–Kier alpha value is -1.10. The molecule has 1 aromatic rings. The van der Waals surface area contributed by atoms with Crippen LogP contribution in [-0.2, 0) is 11.2 Å². The van der Waals surface area contributed by atoms with Crippen LogP contribution in [0, 0.1) is 0 Å². The molecule has 1 unspecified atom stereocenters. The highest BCUT2D eigenvalue weighted by atomic mass is 16.5. The predicted octanol–water partition coefficient (Wildman–Crippen LogP) is 1.71. The third kappa shape index (κ3) is 4.20. The summed E-state index contributed by atoms with van der Waals surface area (Å²) in [6.45, 7) is 6.93. The van der Waals surface area contributed by atoms with Crippen LogP contribution in [0.2, 0.25) is 0 Å². The molecule has 1 N–H and O–H groups in total. The highest BCUT2D eigenvalue weighted by Crippen LogP contribution is 2.21. The van der Waals surface area contributed by atoms with E-state index in [4.69, 9.17) is 9.47 Å². The number of morpholine rings is 1. The van der Waals surface area contributed by atoms with Gasteiger partial charge in [0.05, 0.1) is 25.4 Å². The van der Waals surface area contributed by atoms with Crippen LogP contribution in [0.15, 0.2) is 24.3 Å². The van der Waals surface area contributed by atoms with Gasteiger partial charge in [0, 0.05) is 19.6 Å². The Morgan fingerprint density at radius 1 is 1.35 bits per heavy atom. The van der Waals surface area contributed by atoms with E-state index in [9.17, 15) is 5.11 Å². The largest absolute Gasteiger partial charge is 0.497 e. The molecule has 1 aliphatic rings. The van der Waals surface area contributed by atoms with Gasteiger partial charge in [0.2, 0.25) is 0 Å². The first kappa shape index (κ1) is 15.3. The lowest BCUT2D eigenvalue weighted by Crippen LogP contribution is -2.54. The summed E-state index contributed by atoms with van der Waals surface area (Å²) in [5, 5.41) is 9.32. The molecule has 0 saturated carbocycles. The molecule has 4 nitrogen and oxygen atoms in total. The number of ether oxygens (including phenoxy) is 2. The molecule has 0 spiro atoms. The molecule has 1 fully saturated rings. The Bertz CT molecular complexity index is 416. The lowest BCUT2D eigenvalue weighted by Gasteiger charge is -2.42. The normalized spacial score (nSPS) is 22.7. The maximum Gasteiger partial charge on any atom is 0.118 e. The van der Waals surface area contributed by atoms with E-state index in [0.29, 0.717) is 0 Å². The second kappa shape index (κ2) is 6.57. The molecule has 112 valence electrons. The Balaban J connectivity index is 1.88. The average molecular weight is 279 g/mol. The van der Waals surface area contributed by atoms with Crippen LogP contribution in [0.25, 0.3) is 0 Å². The third-order valence-electron chi connectivity index (χ3n) is 3.63. The summed E-state index contributed by atoms with van der Waals surface area (Å²) < 4.78 is 11.0. The molecule has 4 heteroatoms. The van der Waals surface area contributed by atoms with Crippen molar-refractivity contribution in [3.8, 4) is 5.75 Å². The zero-order chi connectivity index (χ0) is 14.6. The summed E-state index contributed by atoms with van der Waals surface area (Å²) in [6.07, 6.45) is 0.924. The molecule has 20 heavy (non-hydrogen) atoms. The van der Waals surface area contributed by atoms with Gasteiger partial charge in [-0.3, -0.25) is 4.90 Å². The maximum absolute atomic E-state index is 9.32. The Morgan fingerprint density at radius 2 is 2.05 bits per heavy atom. The molecular formula is C16H25NO3. The van der Waals surface area contributed by atoms with Gasteiger partial charge in [0.1, 0.15) is 5.75 Å². The Kier molecular flexibility index (Phi) is 5.02. The van der Waals surface area contributed by atoms with E-state index >= 15 is 0 Å². The third-order valence-corrected chi connectivity index (χ3v) is 3.63. The molecule has 0 radical (unpaired) electrons. The number of hydrogen-bond acceptors (Lipinski definition) is 4. The van der Waals surface area contributed by atoms with E-state index in [1.807, 2.05) is 12.1 Å². The van der Waals surface area contributed by atoms with Crippen LogP contribution >= 0.6 is 0 Å². The van der Waals surface area contributed by atoms with Crippen molar-refractivity contribution in [3.63, 3.8) is 0 Å². The standard InChI is InChI=1S/C16H25NO3/c1-16(2)12-17(10-15(11-18)20-16)9-8-13-4-6-14(19-3)7-5-13/h4-7,15,18H,8-12H2,1-3H3. The van der Waals surface area contributed by atoms with E-state index in [0.717, 1.165) is 31.8 Å². The smallest absolute Gasteiger partial charge is 0.118 e. The van der Waals surface area contributed by atoms with Crippen molar-refractivity contribution in [1.29, 1.82) is 0 Å². The summed E-state index contributed by atoms with van der Waals surface area (Å²) in [4.78, 5) is 2.37. The van der Waals surface area contributed by atoms with Crippen LogP contribution < -0.4 is 4.74 Å². The highest BCUT2D eigenvalue weighted by Gasteiger charge is 2.32. The lowest BCUT2D eigenvalue weighted by molar-refractivity contribution is -0.148. The Labute approximate surface area is 121 Å². The summed E-state index contributed by atoms with van der Waals surface area (Å²) in [6, 6.07) is 8.20. The van der Waals surface area contributed by atoms with Crippen molar-refractivity contribution < 1.29 is 14.6 Å². The van der Waals surface area contributed by atoms with Crippen molar-refractivity contribution in [1.82, 2.24) is 4.90 Å². The van der Waals surface area contributed by atoms with Crippen molar-refractivity contribution in [2.24, 2.45) is 0 Å². The van der Waals surface area contributed by atoms with E-state index in [2.05, 4.69) is 30.9 Å².